The normalized spacial score (nSPS) is 15.9. The maximum atomic E-state index is 13.5. The molecule has 1 heterocycles. The van der Waals surface area contributed by atoms with Crippen LogP contribution in [0.2, 0.25) is 0 Å². The average molecular weight is 479 g/mol. The predicted octanol–water partition coefficient (Wildman–Crippen LogP) is 6.40. The van der Waals surface area contributed by atoms with Crippen molar-refractivity contribution in [1.29, 1.82) is 0 Å². The molecule has 1 atom stereocenters. The number of para-hydroxylation sites is 1. The summed E-state index contributed by atoms with van der Waals surface area (Å²) < 4.78 is 11.0. The lowest BCUT2D eigenvalue weighted by atomic mass is 9.94. The summed E-state index contributed by atoms with van der Waals surface area (Å²) in [5, 5.41) is 2.94. The number of nitrogens with zero attached hydrogens (tertiary/aromatic N) is 1. The summed E-state index contributed by atoms with van der Waals surface area (Å²) in [5.41, 5.74) is 1.79. The van der Waals surface area contributed by atoms with Crippen molar-refractivity contribution in [2.45, 2.75) is 72.1 Å². The second-order valence-corrected chi connectivity index (χ2v) is 10.6. The minimum atomic E-state index is -0.746. The zero-order valence-corrected chi connectivity index (χ0v) is 21.5. The summed E-state index contributed by atoms with van der Waals surface area (Å²) in [5.74, 6) is -0.443. The number of nitrogens with one attached hydrogen (secondary N) is 1. The molecule has 1 aliphatic rings. The number of carbonyl (C=O) groups excluding carboxylic acids is 3. The molecule has 0 aromatic heterocycles. The van der Waals surface area contributed by atoms with Gasteiger partial charge >= 0.3 is 12.2 Å². The number of alkyl carbamates (subject to hydrolysis) is 1. The number of carbonyl (C=O) groups is 3. The Kier molecular flexibility index (Phi) is 7.38. The Bertz CT molecular complexity index is 1140. The van der Waals surface area contributed by atoms with E-state index in [9.17, 15) is 14.4 Å². The molecular formula is C28H34N2O5. The number of fused-ring (bicyclic) bond motifs is 1. The first-order valence-electron chi connectivity index (χ1n) is 11.7. The number of anilines is 1. The van der Waals surface area contributed by atoms with E-state index in [0.29, 0.717) is 23.2 Å². The second kappa shape index (κ2) is 9.94. The molecule has 3 rings (SSSR count). The van der Waals surface area contributed by atoms with E-state index in [1.54, 1.807) is 53.7 Å². The summed E-state index contributed by atoms with van der Waals surface area (Å²) in [7, 11) is 0. The molecule has 3 amide bonds. The fourth-order valence-electron chi connectivity index (χ4n) is 3.91. The Morgan fingerprint density at radius 2 is 1.46 bits per heavy atom. The van der Waals surface area contributed by atoms with E-state index in [1.165, 1.54) is 0 Å². The number of rotatable bonds is 4. The Balaban J connectivity index is 1.98. The highest BCUT2D eigenvalue weighted by molar-refractivity contribution is 6.39. The number of hydrogen-bond acceptors (Lipinski definition) is 5. The van der Waals surface area contributed by atoms with Gasteiger partial charge in [-0.1, -0.05) is 54.1 Å². The maximum Gasteiger partial charge on any atom is 0.422 e. The molecule has 0 saturated heterocycles. The lowest BCUT2D eigenvalue weighted by molar-refractivity contribution is -0.112. The van der Waals surface area contributed by atoms with Crippen molar-refractivity contribution in [3.8, 4) is 0 Å². The molecule has 7 heteroatoms. The van der Waals surface area contributed by atoms with Crippen molar-refractivity contribution < 1.29 is 23.9 Å². The summed E-state index contributed by atoms with van der Waals surface area (Å²) in [6.07, 6.45) is -0.914. The molecule has 2 aromatic carbocycles. The fourth-order valence-corrected chi connectivity index (χ4v) is 3.91. The lowest BCUT2D eigenvalue weighted by Crippen LogP contribution is -2.38. The minimum Gasteiger partial charge on any atom is -0.444 e. The molecule has 2 aromatic rings. The molecule has 1 aliphatic heterocycles. The van der Waals surface area contributed by atoms with Gasteiger partial charge in [0.1, 0.15) is 11.2 Å². The number of ether oxygens (including phenoxy) is 2. The highest BCUT2D eigenvalue weighted by Gasteiger charge is 2.40. The topological polar surface area (TPSA) is 84.9 Å². The van der Waals surface area contributed by atoms with E-state index in [-0.39, 0.29) is 0 Å². The summed E-state index contributed by atoms with van der Waals surface area (Å²) in [6, 6.07) is 16.2. The summed E-state index contributed by atoms with van der Waals surface area (Å²) >= 11 is 0. The van der Waals surface area contributed by atoms with Crippen LogP contribution in [-0.4, -0.2) is 29.3 Å². The summed E-state index contributed by atoms with van der Waals surface area (Å²) in [4.78, 5) is 40.1. The first-order chi connectivity index (χ1) is 16.3. The van der Waals surface area contributed by atoms with Gasteiger partial charge in [-0.3, -0.25) is 4.79 Å². The van der Waals surface area contributed by atoms with Crippen LogP contribution >= 0.6 is 0 Å². The van der Waals surface area contributed by atoms with Crippen LogP contribution in [-0.2, 0) is 14.3 Å². The van der Waals surface area contributed by atoms with Gasteiger partial charge < -0.3 is 14.8 Å². The molecule has 0 bridgehead atoms. The van der Waals surface area contributed by atoms with Crippen LogP contribution in [0.5, 0.6) is 0 Å². The van der Waals surface area contributed by atoms with Crippen LogP contribution in [0.1, 0.15) is 72.1 Å². The third kappa shape index (κ3) is 6.50. The van der Waals surface area contributed by atoms with Crippen molar-refractivity contribution in [3.63, 3.8) is 0 Å². The Hall–Kier alpha value is -3.61. The number of hydrogen-bond donors (Lipinski definition) is 1. The highest BCUT2D eigenvalue weighted by Crippen LogP contribution is 2.40. The van der Waals surface area contributed by atoms with Gasteiger partial charge in [0, 0.05) is 11.1 Å². The van der Waals surface area contributed by atoms with E-state index < -0.39 is 35.3 Å². The maximum absolute atomic E-state index is 13.5. The highest BCUT2D eigenvalue weighted by atomic mass is 16.6. The zero-order chi connectivity index (χ0) is 26.0. The second-order valence-electron chi connectivity index (χ2n) is 10.6. The SMILES string of the molecule is C/C(CC(NC(=O)OC(C)(C)C)c1ccccc1)=C1/C(=O)N(C(=O)OC(C)(C)C)c2ccccc21. The Morgan fingerprint density at radius 1 is 0.886 bits per heavy atom. The van der Waals surface area contributed by atoms with Gasteiger partial charge in [-0.05, 0) is 66.5 Å². The van der Waals surface area contributed by atoms with Crippen LogP contribution in [0.4, 0.5) is 15.3 Å². The number of imide groups is 1. The third-order valence-corrected chi connectivity index (χ3v) is 5.24. The molecule has 0 radical (unpaired) electrons. The van der Waals surface area contributed by atoms with Gasteiger partial charge in [-0.2, -0.15) is 0 Å². The van der Waals surface area contributed by atoms with E-state index >= 15 is 0 Å². The Morgan fingerprint density at radius 3 is 2.06 bits per heavy atom. The first kappa shape index (κ1) is 26.0. The van der Waals surface area contributed by atoms with Gasteiger partial charge in [0.15, 0.2) is 0 Å². The number of amides is 3. The molecule has 186 valence electrons. The molecule has 0 saturated carbocycles. The monoisotopic (exact) mass is 478 g/mol. The Labute approximate surface area is 207 Å². The lowest BCUT2D eigenvalue weighted by Gasteiger charge is -2.25. The standard InChI is InChI=1S/C28H34N2O5/c1-18(17-21(19-13-9-8-10-14-19)29-25(32)34-27(2,3)4)23-20-15-11-12-16-22(20)30(24(23)31)26(33)35-28(5,6)7/h8-16,21H,17H2,1-7H3,(H,29,32)/b23-18-. The first-order valence-corrected chi connectivity index (χ1v) is 11.7. The largest absolute Gasteiger partial charge is 0.444 e. The van der Waals surface area contributed by atoms with Gasteiger partial charge in [0.05, 0.1) is 11.7 Å². The van der Waals surface area contributed by atoms with Crippen LogP contribution in [0.15, 0.2) is 60.2 Å². The molecule has 0 fully saturated rings. The van der Waals surface area contributed by atoms with Crippen molar-refractivity contribution in [2.75, 3.05) is 4.90 Å². The van der Waals surface area contributed by atoms with Crippen LogP contribution < -0.4 is 10.2 Å². The van der Waals surface area contributed by atoms with E-state index in [4.69, 9.17) is 9.47 Å². The quantitative estimate of drug-likeness (QED) is 0.514. The van der Waals surface area contributed by atoms with Crippen molar-refractivity contribution in [2.24, 2.45) is 0 Å². The van der Waals surface area contributed by atoms with Gasteiger partial charge in [-0.15, -0.1) is 0 Å². The number of benzene rings is 2. The summed E-state index contributed by atoms with van der Waals surface area (Å²) in [6.45, 7) is 12.5. The van der Waals surface area contributed by atoms with Crippen molar-refractivity contribution >= 4 is 29.4 Å². The van der Waals surface area contributed by atoms with Gasteiger partial charge in [0.25, 0.3) is 5.91 Å². The molecule has 0 aliphatic carbocycles. The molecule has 1 unspecified atom stereocenters. The smallest absolute Gasteiger partial charge is 0.422 e. The third-order valence-electron chi connectivity index (χ3n) is 5.24. The molecule has 0 spiro atoms. The fraction of sp³-hybridized carbons (Fsp3) is 0.393. The van der Waals surface area contributed by atoms with Gasteiger partial charge in [-0.25, -0.2) is 14.5 Å². The predicted molar refractivity (Wildman–Crippen MR) is 136 cm³/mol. The minimum absolute atomic E-state index is 0.348. The van der Waals surface area contributed by atoms with E-state index in [0.717, 1.165) is 16.0 Å². The molecular weight excluding hydrogens is 444 g/mol. The van der Waals surface area contributed by atoms with E-state index in [1.807, 2.05) is 49.4 Å². The van der Waals surface area contributed by atoms with Crippen LogP contribution in [0.25, 0.3) is 5.57 Å². The van der Waals surface area contributed by atoms with Gasteiger partial charge in [0.2, 0.25) is 0 Å². The van der Waals surface area contributed by atoms with Crippen molar-refractivity contribution in [3.05, 3.63) is 71.3 Å². The van der Waals surface area contributed by atoms with Crippen LogP contribution in [0, 0.1) is 0 Å². The average Bonchev–Trinajstić information content (AvgIpc) is 3.03. The van der Waals surface area contributed by atoms with Crippen LogP contribution in [0.3, 0.4) is 0 Å². The van der Waals surface area contributed by atoms with E-state index in [2.05, 4.69) is 5.32 Å². The molecule has 1 N–H and O–H groups in total. The van der Waals surface area contributed by atoms with Crippen molar-refractivity contribution in [1.82, 2.24) is 5.32 Å². The molecule has 7 nitrogen and oxygen atoms in total. The molecule has 35 heavy (non-hydrogen) atoms. The zero-order valence-electron chi connectivity index (χ0n) is 21.5.